The second-order valence-corrected chi connectivity index (χ2v) is 43.6. The average molecular weight is 2750 g/mol. The summed E-state index contributed by atoms with van der Waals surface area (Å²) in [6.45, 7) is 4.44. The Balaban J connectivity index is 0.000000125. The predicted molar refractivity (Wildman–Crippen MR) is 586 cm³/mol. The van der Waals surface area contributed by atoms with Gasteiger partial charge in [0.05, 0.1) is 81.7 Å². The molecule has 129 heavy (non-hydrogen) atoms. The zero-order valence-corrected chi connectivity index (χ0v) is 93.1. The Bertz CT molecular complexity index is 7330. The first-order valence-corrected chi connectivity index (χ1v) is 51.6. The summed E-state index contributed by atoms with van der Waals surface area (Å²) in [5.74, 6) is 1.65. The quantitative estimate of drug-likeness (QED) is 0.0936. The molecule has 10 aromatic heterocycles. The molecule has 4 N–H and O–H groups in total. The van der Waals surface area contributed by atoms with Crippen molar-refractivity contribution in [3.8, 4) is 29.3 Å². The lowest BCUT2D eigenvalue weighted by Gasteiger charge is -2.15. The van der Waals surface area contributed by atoms with E-state index < -0.39 is 0 Å². The number of anilines is 2. The number of benzene rings is 10. The highest BCUT2D eigenvalue weighted by Crippen LogP contribution is 2.50. The van der Waals surface area contributed by atoms with Crippen molar-refractivity contribution in [1.82, 2.24) is 44.0 Å². The van der Waals surface area contributed by atoms with Crippen LogP contribution in [0.25, 0.3) is 115 Å². The van der Waals surface area contributed by atoms with Crippen molar-refractivity contribution in [2.75, 3.05) is 24.7 Å². The number of ether oxygens (including phenoxy) is 2. The molecule has 20 aromatic rings. The second-order valence-electron chi connectivity index (χ2n) is 26.9. The summed E-state index contributed by atoms with van der Waals surface area (Å²) in [6, 6.07) is 73.2. The Morgan fingerprint density at radius 2 is 0.791 bits per heavy atom. The third-order valence-corrected chi connectivity index (χ3v) is 29.9. The van der Waals surface area contributed by atoms with Gasteiger partial charge in [-0.05, 0) is 320 Å². The summed E-state index contributed by atoms with van der Waals surface area (Å²) in [4.78, 5) is 30.1. The van der Waals surface area contributed by atoms with Gasteiger partial charge in [-0.15, -0.1) is 11.3 Å². The lowest BCUT2D eigenvalue weighted by molar-refractivity contribution is 0.171. The fourth-order valence-corrected chi connectivity index (χ4v) is 22.0. The first-order chi connectivity index (χ1) is 61.9. The third-order valence-electron chi connectivity index (χ3n) is 18.8. The van der Waals surface area contributed by atoms with Gasteiger partial charge in [0.2, 0.25) is 0 Å². The Morgan fingerprint density at radius 3 is 1.22 bits per heavy atom. The highest BCUT2D eigenvalue weighted by atomic mass is 79.9. The SMILES string of the molecule is Brc1ccc(Br)nc1.Brc1ccc2c(c1)c1cc(Br)ccc1n2-c1ccccc1.Brc1cnc2c(c1)c(Br)c(Br)c1cc(Br)cnc12.Brc1sc(Br)c2c1OCCO2.CCn1c2ccc(Br)cc2c2cc(Br)ccc21.Clc1ccc2ccc3ccc(Cl)nc3c2n1.Clc1ccnc2c1ccc1c(Cl)ccnc12.N#Cc1cc(Br)cc(Br)c1N.N#Cc1cc(Cl)cc(Cl)c1N. The maximum absolute atomic E-state index is 8.60. The van der Waals surface area contributed by atoms with Crippen LogP contribution in [0.15, 0.2) is 305 Å². The van der Waals surface area contributed by atoms with Crippen LogP contribution in [0.1, 0.15) is 18.1 Å². The second kappa shape index (κ2) is 46.3. The molecule has 0 radical (unpaired) electrons. The minimum Gasteiger partial charge on any atom is -0.484 e. The van der Waals surface area contributed by atoms with Gasteiger partial charge in [-0.2, -0.15) is 10.5 Å². The van der Waals surface area contributed by atoms with Crippen LogP contribution in [-0.2, 0) is 6.54 Å². The van der Waals surface area contributed by atoms with Crippen LogP contribution in [0, 0.1) is 22.7 Å². The minimum absolute atomic E-state index is 0.276. The molecule has 0 bridgehead atoms. The minimum atomic E-state index is 0.276. The molecular weight excluding hydrogens is 2690 g/mol. The number of nitriles is 2. The van der Waals surface area contributed by atoms with Gasteiger partial charge in [0.25, 0.3) is 0 Å². The monoisotopic (exact) mass is 2730 g/mol. The molecule has 0 saturated carbocycles. The van der Waals surface area contributed by atoms with Gasteiger partial charge in [-0.1, -0.05) is 192 Å². The average Bonchev–Trinajstić information content (AvgIpc) is 1.64. The van der Waals surface area contributed by atoms with Gasteiger partial charge in [0, 0.05) is 162 Å². The number of hydrogen-bond acceptors (Lipinski definition) is 14. The van der Waals surface area contributed by atoms with Crippen LogP contribution < -0.4 is 20.9 Å². The van der Waals surface area contributed by atoms with Gasteiger partial charge < -0.3 is 30.1 Å². The fraction of sp³-hybridized carbons (Fsp3) is 0.0430. The molecule has 1 aliphatic heterocycles. The number of para-hydroxylation sites is 1. The molecule has 10 aromatic carbocycles. The molecular formula is C93H53Br14Cl6N13O2S. The summed E-state index contributed by atoms with van der Waals surface area (Å²) in [7, 11) is 0. The molecule has 0 aliphatic carbocycles. The molecule has 1 aliphatic rings. The van der Waals surface area contributed by atoms with E-state index in [9.17, 15) is 0 Å². The Hall–Kier alpha value is -6.25. The van der Waals surface area contributed by atoms with Crippen molar-refractivity contribution in [2.45, 2.75) is 13.5 Å². The lowest BCUT2D eigenvalue weighted by atomic mass is 10.1. The van der Waals surface area contributed by atoms with E-state index in [-0.39, 0.29) is 5.69 Å². The zero-order valence-electron chi connectivity index (χ0n) is 65.6. The van der Waals surface area contributed by atoms with E-state index in [1.54, 1.807) is 78.7 Å². The maximum Gasteiger partial charge on any atom is 0.187 e. The first kappa shape index (κ1) is 100. The van der Waals surface area contributed by atoms with Crippen molar-refractivity contribution in [1.29, 1.82) is 10.5 Å². The van der Waals surface area contributed by atoms with Gasteiger partial charge in [-0.3, -0.25) is 19.9 Å². The highest BCUT2D eigenvalue weighted by Gasteiger charge is 2.23. The Kier molecular flexibility index (Phi) is 36.0. The number of nitrogen functional groups attached to an aromatic ring is 2. The molecule has 648 valence electrons. The van der Waals surface area contributed by atoms with Crippen LogP contribution in [0.2, 0.25) is 30.4 Å². The molecule has 21 rings (SSSR count). The number of aryl methyl sites for hydroxylation is 1. The largest absolute Gasteiger partial charge is 0.484 e. The maximum atomic E-state index is 8.60. The molecule has 0 unspecified atom stereocenters. The van der Waals surface area contributed by atoms with Crippen molar-refractivity contribution in [3.63, 3.8) is 0 Å². The number of thiophene rings is 1. The van der Waals surface area contributed by atoms with Crippen LogP contribution in [0.4, 0.5) is 11.4 Å². The van der Waals surface area contributed by atoms with Gasteiger partial charge in [-0.25, -0.2) is 15.0 Å². The summed E-state index contributed by atoms with van der Waals surface area (Å²) >= 11 is 84.9. The van der Waals surface area contributed by atoms with Crippen molar-refractivity contribution in [2.24, 2.45) is 0 Å². The topological polar surface area (TPSA) is 218 Å². The predicted octanol–water partition coefficient (Wildman–Crippen LogP) is 36.4. The summed E-state index contributed by atoms with van der Waals surface area (Å²) in [6.07, 6.45) is 8.65. The van der Waals surface area contributed by atoms with E-state index in [4.69, 9.17) is 101 Å². The molecule has 15 nitrogen and oxygen atoms in total. The van der Waals surface area contributed by atoms with E-state index in [0.717, 1.165) is 145 Å². The third kappa shape index (κ3) is 24.5. The number of aromatic nitrogens is 9. The first-order valence-electron chi connectivity index (χ1n) is 37.4. The lowest BCUT2D eigenvalue weighted by Crippen LogP contribution is -2.14. The molecule has 0 amide bonds. The molecule has 11 heterocycles. The van der Waals surface area contributed by atoms with Gasteiger partial charge in [0.1, 0.15) is 47.8 Å². The van der Waals surface area contributed by atoms with Crippen LogP contribution in [0.3, 0.4) is 0 Å². The van der Waals surface area contributed by atoms with E-state index in [1.807, 2.05) is 78.9 Å². The van der Waals surface area contributed by atoms with Crippen molar-refractivity contribution in [3.05, 3.63) is 346 Å². The van der Waals surface area contributed by atoms with Gasteiger partial charge in [0.15, 0.2) is 11.5 Å². The number of nitrogens with two attached hydrogens (primary N) is 2. The van der Waals surface area contributed by atoms with E-state index in [0.29, 0.717) is 60.4 Å². The van der Waals surface area contributed by atoms with Crippen molar-refractivity contribution >= 4 is 424 Å². The van der Waals surface area contributed by atoms with Crippen molar-refractivity contribution < 1.29 is 9.47 Å². The van der Waals surface area contributed by atoms with E-state index in [1.165, 1.54) is 61.4 Å². The van der Waals surface area contributed by atoms with Crippen LogP contribution in [0.5, 0.6) is 11.5 Å². The number of hydrogen-bond donors (Lipinski definition) is 2. The smallest absolute Gasteiger partial charge is 0.187 e. The van der Waals surface area contributed by atoms with Crippen LogP contribution in [-0.4, -0.2) is 57.2 Å². The Labute approximate surface area is 890 Å². The standard InChI is InChI=1S/C18H11Br2N.C14H11Br2N.C12H4Br4N2.2C12H6Cl2N2.C7H4Br2N2.C7H4Cl2N2.C6H4Br2O2S.C5H3Br2N/c19-12-6-8-17-15(10-12)16-11-13(20)7-9-18(16)21(17)14-4-2-1-3-5-14;1-2-17-13-5-3-9(15)7-11(13)12-8-10(16)4-6-14(12)17;13-5-1-7-9(15)10(16)8-2-6(14)4-18-12(8)11(7)17-3-5;13-9-3-5-15-11-7(9)1-2-8-10(14)4-6-16-12(8)11;13-9-5-3-7-1-2-8-4-6-10(14)16-12(8)11(7)15-9;2*8-5-1-4(3-10)7(11)6(9)2-5;7-5-3-4(6(8)11-5)10-2-1-9-3;6-4-1-2-5(7)8-3-4/h1-11H;3-8H,2H2,1H3;1-4H;2*1-6H;2*1-2H,11H2;1-2H2;1-3H. The van der Waals surface area contributed by atoms with E-state index in [2.05, 4.69) is 371 Å². The fourth-order valence-electron chi connectivity index (χ4n) is 13.1. The highest BCUT2D eigenvalue weighted by molar-refractivity contribution is 9.14. The Morgan fingerprint density at radius 1 is 0.380 bits per heavy atom. The van der Waals surface area contributed by atoms with Crippen LogP contribution >= 0.6 is 304 Å². The molecule has 0 atom stereocenters. The zero-order chi connectivity index (χ0) is 92.2. The molecule has 0 saturated heterocycles. The van der Waals surface area contributed by atoms with Gasteiger partial charge >= 0.3 is 0 Å². The number of fused-ring (bicyclic) bond motifs is 16. The molecule has 0 fully saturated rings. The number of rotatable bonds is 2. The summed E-state index contributed by atoms with van der Waals surface area (Å²) in [5, 5.41) is 31.1. The number of nitrogens with zero attached hydrogens (tertiary/aromatic N) is 11. The number of halogens is 20. The number of pyridine rings is 7. The summed E-state index contributed by atoms with van der Waals surface area (Å²) in [5.41, 5.74) is 23.7. The van der Waals surface area contributed by atoms with E-state index >= 15 is 0 Å². The molecule has 0 spiro atoms. The normalized spacial score (nSPS) is 11.1. The summed E-state index contributed by atoms with van der Waals surface area (Å²) < 4.78 is 29.1. The molecule has 36 heteroatoms.